The Balaban J connectivity index is 1.70. The maximum absolute atomic E-state index is 12.5. The molecule has 0 aliphatic carbocycles. The van der Waals surface area contributed by atoms with Crippen LogP contribution in [0.3, 0.4) is 0 Å². The van der Waals surface area contributed by atoms with E-state index in [0.717, 1.165) is 11.1 Å². The summed E-state index contributed by atoms with van der Waals surface area (Å²) in [6.07, 6.45) is 1.44. The predicted molar refractivity (Wildman–Crippen MR) is 108 cm³/mol. The second kappa shape index (κ2) is 8.81. The first-order chi connectivity index (χ1) is 13.6. The number of amides is 2. The van der Waals surface area contributed by atoms with Gasteiger partial charge in [0.15, 0.2) is 0 Å². The Labute approximate surface area is 163 Å². The van der Waals surface area contributed by atoms with Crippen molar-refractivity contribution >= 4 is 17.5 Å². The number of methoxy groups -OCH3 is 1. The Bertz CT molecular complexity index is 1000. The minimum atomic E-state index is -0.418. The SMILES string of the molecule is COc1ccccc1NC(=O)c1cc(C(=O)NCc2ccccc2C)ccn1. The Morgan fingerprint density at radius 1 is 1.00 bits per heavy atom. The number of ether oxygens (including phenoxy) is 1. The second-order valence-electron chi connectivity index (χ2n) is 6.19. The third-order valence-corrected chi connectivity index (χ3v) is 4.31. The fourth-order valence-electron chi connectivity index (χ4n) is 2.72. The van der Waals surface area contributed by atoms with Crippen LogP contribution < -0.4 is 15.4 Å². The summed E-state index contributed by atoms with van der Waals surface area (Å²) < 4.78 is 5.23. The zero-order valence-electron chi connectivity index (χ0n) is 15.7. The van der Waals surface area contributed by atoms with Gasteiger partial charge in [0, 0.05) is 18.3 Å². The smallest absolute Gasteiger partial charge is 0.274 e. The molecule has 0 spiro atoms. The van der Waals surface area contributed by atoms with E-state index in [-0.39, 0.29) is 11.6 Å². The molecule has 0 saturated carbocycles. The van der Waals surface area contributed by atoms with E-state index in [0.29, 0.717) is 23.5 Å². The Kier molecular flexibility index (Phi) is 6.01. The van der Waals surface area contributed by atoms with Gasteiger partial charge in [-0.3, -0.25) is 14.6 Å². The summed E-state index contributed by atoms with van der Waals surface area (Å²) in [5, 5.41) is 5.62. The average Bonchev–Trinajstić information content (AvgIpc) is 2.73. The van der Waals surface area contributed by atoms with E-state index in [1.54, 1.807) is 24.3 Å². The van der Waals surface area contributed by atoms with Gasteiger partial charge in [0.1, 0.15) is 11.4 Å². The highest BCUT2D eigenvalue weighted by molar-refractivity contribution is 6.05. The zero-order valence-corrected chi connectivity index (χ0v) is 15.7. The van der Waals surface area contributed by atoms with Crippen molar-refractivity contribution in [1.82, 2.24) is 10.3 Å². The van der Waals surface area contributed by atoms with Gasteiger partial charge in [-0.2, -0.15) is 0 Å². The number of aryl methyl sites for hydroxylation is 1. The van der Waals surface area contributed by atoms with Crippen LogP contribution in [0.1, 0.15) is 32.0 Å². The maximum atomic E-state index is 12.5. The molecule has 0 atom stereocenters. The fraction of sp³-hybridized carbons (Fsp3) is 0.136. The summed E-state index contributed by atoms with van der Waals surface area (Å²) in [7, 11) is 1.53. The zero-order chi connectivity index (χ0) is 19.9. The molecule has 1 aromatic heterocycles. The van der Waals surface area contributed by atoms with Crippen LogP contribution in [0.25, 0.3) is 0 Å². The number of hydrogen-bond donors (Lipinski definition) is 2. The molecular weight excluding hydrogens is 354 g/mol. The van der Waals surface area contributed by atoms with Gasteiger partial charge in [-0.25, -0.2) is 0 Å². The number of pyridine rings is 1. The van der Waals surface area contributed by atoms with Gasteiger partial charge < -0.3 is 15.4 Å². The molecule has 0 radical (unpaired) electrons. The highest BCUT2D eigenvalue weighted by atomic mass is 16.5. The number of hydrogen-bond acceptors (Lipinski definition) is 4. The molecule has 3 rings (SSSR count). The monoisotopic (exact) mass is 375 g/mol. The van der Waals surface area contributed by atoms with Crippen molar-refractivity contribution in [2.24, 2.45) is 0 Å². The second-order valence-corrected chi connectivity index (χ2v) is 6.19. The minimum Gasteiger partial charge on any atom is -0.495 e. The number of anilines is 1. The molecule has 6 nitrogen and oxygen atoms in total. The Hall–Kier alpha value is -3.67. The van der Waals surface area contributed by atoms with Gasteiger partial charge in [0.25, 0.3) is 11.8 Å². The third-order valence-electron chi connectivity index (χ3n) is 4.31. The van der Waals surface area contributed by atoms with Crippen LogP contribution >= 0.6 is 0 Å². The molecule has 6 heteroatoms. The summed E-state index contributed by atoms with van der Waals surface area (Å²) in [5.41, 5.74) is 3.20. The fourth-order valence-corrected chi connectivity index (χ4v) is 2.72. The number of carbonyl (C=O) groups is 2. The summed E-state index contributed by atoms with van der Waals surface area (Å²) >= 11 is 0. The first-order valence-electron chi connectivity index (χ1n) is 8.81. The molecule has 0 bridgehead atoms. The van der Waals surface area contributed by atoms with Crippen LogP contribution in [0.2, 0.25) is 0 Å². The summed E-state index contributed by atoms with van der Waals surface area (Å²) in [6, 6.07) is 18.0. The highest BCUT2D eigenvalue weighted by Crippen LogP contribution is 2.23. The molecule has 2 aromatic carbocycles. The standard InChI is InChI=1S/C22H21N3O3/c1-15-7-3-4-8-17(15)14-24-21(26)16-11-12-23-19(13-16)22(27)25-18-9-5-6-10-20(18)28-2/h3-13H,14H2,1-2H3,(H,24,26)(H,25,27). The normalized spacial score (nSPS) is 10.2. The number of aromatic nitrogens is 1. The lowest BCUT2D eigenvalue weighted by Crippen LogP contribution is -2.24. The molecule has 3 aromatic rings. The lowest BCUT2D eigenvalue weighted by molar-refractivity contribution is 0.0950. The molecule has 0 fully saturated rings. The molecule has 0 unspecified atom stereocenters. The van der Waals surface area contributed by atoms with E-state index >= 15 is 0 Å². The van der Waals surface area contributed by atoms with Crippen LogP contribution in [0.15, 0.2) is 66.9 Å². The molecule has 28 heavy (non-hydrogen) atoms. The van der Waals surface area contributed by atoms with E-state index in [9.17, 15) is 9.59 Å². The predicted octanol–water partition coefficient (Wildman–Crippen LogP) is 3.58. The van der Waals surface area contributed by atoms with Crippen molar-refractivity contribution in [3.05, 3.63) is 89.2 Å². The van der Waals surface area contributed by atoms with E-state index < -0.39 is 5.91 Å². The lowest BCUT2D eigenvalue weighted by Gasteiger charge is -2.10. The van der Waals surface area contributed by atoms with Crippen molar-refractivity contribution in [3.8, 4) is 5.75 Å². The van der Waals surface area contributed by atoms with E-state index in [4.69, 9.17) is 4.74 Å². The minimum absolute atomic E-state index is 0.148. The highest BCUT2D eigenvalue weighted by Gasteiger charge is 2.14. The maximum Gasteiger partial charge on any atom is 0.274 e. The average molecular weight is 375 g/mol. The van der Waals surface area contributed by atoms with Gasteiger partial charge in [-0.15, -0.1) is 0 Å². The Morgan fingerprint density at radius 2 is 1.75 bits per heavy atom. The number of benzene rings is 2. The largest absolute Gasteiger partial charge is 0.495 e. The summed E-state index contributed by atoms with van der Waals surface area (Å²) in [6.45, 7) is 2.41. The number of carbonyl (C=O) groups excluding carboxylic acids is 2. The van der Waals surface area contributed by atoms with Crippen molar-refractivity contribution in [2.45, 2.75) is 13.5 Å². The van der Waals surface area contributed by atoms with Crippen LogP contribution in [0, 0.1) is 6.92 Å². The number of para-hydroxylation sites is 2. The molecule has 2 amide bonds. The van der Waals surface area contributed by atoms with Gasteiger partial charge in [-0.1, -0.05) is 36.4 Å². The van der Waals surface area contributed by atoms with Gasteiger partial charge in [0.2, 0.25) is 0 Å². The molecule has 0 aliphatic heterocycles. The van der Waals surface area contributed by atoms with Gasteiger partial charge in [-0.05, 0) is 42.3 Å². The van der Waals surface area contributed by atoms with Crippen molar-refractivity contribution < 1.29 is 14.3 Å². The molecule has 0 aliphatic rings. The van der Waals surface area contributed by atoms with E-state index in [1.807, 2.05) is 37.3 Å². The van der Waals surface area contributed by atoms with E-state index in [2.05, 4.69) is 15.6 Å². The molecule has 142 valence electrons. The molecule has 1 heterocycles. The van der Waals surface area contributed by atoms with Crippen LogP contribution in [0.5, 0.6) is 5.75 Å². The third kappa shape index (κ3) is 4.54. The number of nitrogens with one attached hydrogen (secondary N) is 2. The summed E-state index contributed by atoms with van der Waals surface area (Å²) in [5.74, 6) is -0.141. The van der Waals surface area contributed by atoms with Crippen molar-refractivity contribution in [2.75, 3.05) is 12.4 Å². The number of rotatable bonds is 6. The molecule has 2 N–H and O–H groups in total. The first-order valence-corrected chi connectivity index (χ1v) is 8.81. The quantitative estimate of drug-likeness (QED) is 0.690. The van der Waals surface area contributed by atoms with Crippen molar-refractivity contribution in [3.63, 3.8) is 0 Å². The van der Waals surface area contributed by atoms with Crippen LogP contribution in [0.4, 0.5) is 5.69 Å². The number of nitrogens with zero attached hydrogens (tertiary/aromatic N) is 1. The van der Waals surface area contributed by atoms with Crippen LogP contribution in [-0.4, -0.2) is 23.9 Å². The Morgan fingerprint density at radius 3 is 2.54 bits per heavy atom. The summed E-state index contributed by atoms with van der Waals surface area (Å²) in [4.78, 5) is 29.1. The molecule has 0 saturated heterocycles. The topological polar surface area (TPSA) is 80.3 Å². The first kappa shape index (κ1) is 19.1. The van der Waals surface area contributed by atoms with Crippen LogP contribution in [-0.2, 0) is 6.54 Å². The van der Waals surface area contributed by atoms with Gasteiger partial charge >= 0.3 is 0 Å². The lowest BCUT2D eigenvalue weighted by atomic mass is 10.1. The van der Waals surface area contributed by atoms with E-state index in [1.165, 1.54) is 19.4 Å². The van der Waals surface area contributed by atoms with Crippen molar-refractivity contribution in [1.29, 1.82) is 0 Å². The van der Waals surface area contributed by atoms with Gasteiger partial charge in [0.05, 0.1) is 12.8 Å². The molecular formula is C22H21N3O3.